The van der Waals surface area contributed by atoms with Crippen LogP contribution in [-0.2, 0) is 4.79 Å². The predicted molar refractivity (Wildman–Crippen MR) is 64.6 cm³/mol. The highest BCUT2D eigenvalue weighted by Crippen LogP contribution is 2.16. The second-order valence-corrected chi connectivity index (χ2v) is 4.01. The van der Waals surface area contributed by atoms with Crippen molar-refractivity contribution in [2.75, 3.05) is 20.7 Å². The van der Waals surface area contributed by atoms with Crippen molar-refractivity contribution in [2.24, 2.45) is 0 Å². The van der Waals surface area contributed by atoms with Crippen molar-refractivity contribution in [3.05, 3.63) is 29.8 Å². The smallest absolute Gasteiger partial charge is 0.222 e. The van der Waals surface area contributed by atoms with Gasteiger partial charge in [-0.25, -0.2) is 0 Å². The number of nitrogens with zero attached hydrogens (tertiary/aromatic N) is 1. The van der Waals surface area contributed by atoms with Gasteiger partial charge in [-0.2, -0.15) is 0 Å². The Hall–Kier alpha value is -1.51. The summed E-state index contributed by atoms with van der Waals surface area (Å²) in [5.74, 6) is 1.05. The van der Waals surface area contributed by atoms with E-state index in [0.717, 1.165) is 17.7 Å². The van der Waals surface area contributed by atoms with Gasteiger partial charge < -0.3 is 9.64 Å². The van der Waals surface area contributed by atoms with E-state index in [1.54, 1.807) is 19.0 Å². The fourth-order valence-electron chi connectivity index (χ4n) is 1.35. The zero-order chi connectivity index (χ0) is 12.0. The van der Waals surface area contributed by atoms with Crippen LogP contribution in [0.4, 0.5) is 0 Å². The molecule has 0 aliphatic heterocycles. The van der Waals surface area contributed by atoms with Crippen LogP contribution in [0.5, 0.6) is 5.75 Å². The van der Waals surface area contributed by atoms with Gasteiger partial charge in [-0.3, -0.25) is 4.79 Å². The molecule has 0 aliphatic carbocycles. The van der Waals surface area contributed by atoms with Crippen LogP contribution >= 0.6 is 0 Å². The van der Waals surface area contributed by atoms with Crippen molar-refractivity contribution in [1.29, 1.82) is 0 Å². The highest BCUT2D eigenvalue weighted by molar-refractivity contribution is 5.75. The summed E-state index contributed by atoms with van der Waals surface area (Å²) in [4.78, 5) is 12.9. The molecule has 0 aliphatic rings. The number of aryl methyl sites for hydroxylation is 1. The Bertz CT molecular complexity index is 348. The summed E-state index contributed by atoms with van der Waals surface area (Å²) in [6.45, 7) is 2.60. The van der Waals surface area contributed by atoms with Crippen LogP contribution in [0, 0.1) is 6.92 Å². The molecule has 16 heavy (non-hydrogen) atoms. The lowest BCUT2D eigenvalue weighted by atomic mass is 10.2. The highest BCUT2D eigenvalue weighted by Gasteiger charge is 2.03. The lowest BCUT2D eigenvalue weighted by Crippen LogP contribution is -2.21. The van der Waals surface area contributed by atoms with Crippen LogP contribution in [0.2, 0.25) is 0 Å². The minimum Gasteiger partial charge on any atom is -0.493 e. The van der Waals surface area contributed by atoms with Crippen molar-refractivity contribution >= 4 is 5.91 Å². The number of ether oxygens (including phenoxy) is 1. The van der Waals surface area contributed by atoms with Crippen LogP contribution < -0.4 is 4.74 Å². The number of amides is 1. The van der Waals surface area contributed by atoms with Crippen LogP contribution in [0.25, 0.3) is 0 Å². The Morgan fingerprint density at radius 2 is 2.00 bits per heavy atom. The quantitative estimate of drug-likeness (QED) is 0.714. The highest BCUT2D eigenvalue weighted by atomic mass is 16.5. The van der Waals surface area contributed by atoms with E-state index in [4.69, 9.17) is 4.74 Å². The molecule has 0 unspecified atom stereocenters. The Balaban J connectivity index is 2.26. The lowest BCUT2D eigenvalue weighted by Gasteiger charge is -2.11. The van der Waals surface area contributed by atoms with Crippen LogP contribution in [0.15, 0.2) is 24.3 Å². The average Bonchev–Trinajstić information content (AvgIpc) is 2.26. The van der Waals surface area contributed by atoms with Gasteiger partial charge in [0.1, 0.15) is 5.75 Å². The van der Waals surface area contributed by atoms with Gasteiger partial charge in [0.2, 0.25) is 5.91 Å². The number of hydrogen-bond acceptors (Lipinski definition) is 2. The van der Waals surface area contributed by atoms with E-state index in [9.17, 15) is 4.79 Å². The molecule has 3 heteroatoms. The molecule has 0 heterocycles. The van der Waals surface area contributed by atoms with Gasteiger partial charge in [-0.1, -0.05) is 18.2 Å². The van der Waals surface area contributed by atoms with Gasteiger partial charge in [0.25, 0.3) is 0 Å². The maximum Gasteiger partial charge on any atom is 0.222 e. The van der Waals surface area contributed by atoms with Gasteiger partial charge in [-0.05, 0) is 25.0 Å². The van der Waals surface area contributed by atoms with Gasteiger partial charge >= 0.3 is 0 Å². The Morgan fingerprint density at radius 1 is 1.31 bits per heavy atom. The summed E-state index contributed by atoms with van der Waals surface area (Å²) in [6, 6.07) is 7.90. The largest absolute Gasteiger partial charge is 0.493 e. The molecule has 1 amide bonds. The molecule has 1 aromatic rings. The predicted octanol–water partition coefficient (Wildman–Crippen LogP) is 2.24. The van der Waals surface area contributed by atoms with E-state index in [2.05, 4.69) is 0 Å². The molecule has 0 spiro atoms. The number of rotatable bonds is 5. The molecule has 0 atom stereocenters. The maximum absolute atomic E-state index is 11.3. The maximum atomic E-state index is 11.3. The first-order chi connectivity index (χ1) is 7.61. The van der Waals surface area contributed by atoms with Gasteiger partial charge in [0.15, 0.2) is 0 Å². The molecular weight excluding hydrogens is 202 g/mol. The first-order valence-electron chi connectivity index (χ1n) is 5.50. The van der Waals surface area contributed by atoms with Gasteiger partial charge in [0, 0.05) is 20.5 Å². The van der Waals surface area contributed by atoms with Crippen molar-refractivity contribution in [1.82, 2.24) is 4.90 Å². The van der Waals surface area contributed by atoms with Gasteiger partial charge in [-0.15, -0.1) is 0 Å². The number of benzene rings is 1. The fourth-order valence-corrected chi connectivity index (χ4v) is 1.35. The zero-order valence-electron chi connectivity index (χ0n) is 10.2. The summed E-state index contributed by atoms with van der Waals surface area (Å²) >= 11 is 0. The third-order valence-corrected chi connectivity index (χ3v) is 2.38. The molecular formula is C13H19NO2. The molecule has 0 fully saturated rings. The molecule has 88 valence electrons. The van der Waals surface area contributed by atoms with E-state index in [0.29, 0.717) is 13.0 Å². The summed E-state index contributed by atoms with van der Waals surface area (Å²) in [6.07, 6.45) is 1.30. The molecule has 0 radical (unpaired) electrons. The third-order valence-electron chi connectivity index (χ3n) is 2.38. The lowest BCUT2D eigenvalue weighted by molar-refractivity contribution is -0.128. The van der Waals surface area contributed by atoms with E-state index in [-0.39, 0.29) is 5.91 Å². The van der Waals surface area contributed by atoms with Gasteiger partial charge in [0.05, 0.1) is 6.61 Å². The van der Waals surface area contributed by atoms with Crippen molar-refractivity contribution < 1.29 is 9.53 Å². The second kappa shape index (κ2) is 6.16. The fraction of sp³-hybridized carbons (Fsp3) is 0.462. The number of hydrogen-bond donors (Lipinski definition) is 0. The van der Waals surface area contributed by atoms with Crippen LogP contribution in [-0.4, -0.2) is 31.5 Å². The Labute approximate surface area is 97.0 Å². The van der Waals surface area contributed by atoms with E-state index >= 15 is 0 Å². The van der Waals surface area contributed by atoms with E-state index in [1.165, 1.54) is 0 Å². The molecule has 1 rings (SSSR count). The van der Waals surface area contributed by atoms with Crippen molar-refractivity contribution in [3.8, 4) is 5.75 Å². The summed E-state index contributed by atoms with van der Waals surface area (Å²) in [5.41, 5.74) is 1.13. The van der Waals surface area contributed by atoms with E-state index < -0.39 is 0 Å². The molecule has 0 aromatic heterocycles. The first-order valence-corrected chi connectivity index (χ1v) is 5.50. The number of carbonyl (C=O) groups excluding carboxylic acids is 1. The molecule has 0 saturated heterocycles. The minimum absolute atomic E-state index is 0.147. The number of carbonyl (C=O) groups is 1. The summed E-state index contributed by atoms with van der Waals surface area (Å²) < 4.78 is 5.60. The molecule has 0 bridgehead atoms. The average molecular weight is 221 g/mol. The molecule has 3 nitrogen and oxygen atoms in total. The molecule has 0 N–H and O–H groups in total. The van der Waals surface area contributed by atoms with E-state index in [1.807, 2.05) is 31.2 Å². The Morgan fingerprint density at radius 3 is 2.62 bits per heavy atom. The summed E-state index contributed by atoms with van der Waals surface area (Å²) in [7, 11) is 3.54. The molecule has 0 saturated carbocycles. The topological polar surface area (TPSA) is 29.5 Å². The second-order valence-electron chi connectivity index (χ2n) is 4.01. The Kier molecular flexibility index (Phi) is 4.83. The SMILES string of the molecule is Cc1ccccc1OCCCC(=O)N(C)C. The minimum atomic E-state index is 0.147. The standard InChI is InChI=1S/C13H19NO2/c1-11-7-4-5-8-12(11)16-10-6-9-13(15)14(2)3/h4-5,7-8H,6,9-10H2,1-3H3. The number of para-hydroxylation sites is 1. The monoisotopic (exact) mass is 221 g/mol. The van der Waals surface area contributed by atoms with Crippen LogP contribution in [0.3, 0.4) is 0 Å². The first kappa shape index (κ1) is 12.6. The molecule has 1 aromatic carbocycles. The zero-order valence-corrected chi connectivity index (χ0v) is 10.2. The van der Waals surface area contributed by atoms with Crippen molar-refractivity contribution in [3.63, 3.8) is 0 Å². The normalized spacial score (nSPS) is 9.94. The van der Waals surface area contributed by atoms with Crippen molar-refractivity contribution in [2.45, 2.75) is 19.8 Å². The third kappa shape index (κ3) is 3.93. The summed E-state index contributed by atoms with van der Waals surface area (Å²) in [5, 5.41) is 0. The van der Waals surface area contributed by atoms with Crippen LogP contribution in [0.1, 0.15) is 18.4 Å².